The zero-order valence-electron chi connectivity index (χ0n) is 15.8. The van der Waals surface area contributed by atoms with Crippen LogP contribution < -0.4 is 5.32 Å². The maximum absolute atomic E-state index is 12.7. The summed E-state index contributed by atoms with van der Waals surface area (Å²) in [4.78, 5) is 29.8. The van der Waals surface area contributed by atoms with Crippen LogP contribution >= 0.6 is 11.3 Å². The molecule has 0 radical (unpaired) electrons. The van der Waals surface area contributed by atoms with Crippen LogP contribution in [0, 0.1) is 12.3 Å². The Morgan fingerprint density at radius 1 is 1.07 bits per heavy atom. The topological polar surface area (TPSA) is 77.5 Å². The van der Waals surface area contributed by atoms with Crippen LogP contribution in [0.2, 0.25) is 0 Å². The number of benzene rings is 1. The average molecular weight is 386 g/mol. The van der Waals surface area contributed by atoms with Gasteiger partial charge in [-0.05, 0) is 39.3 Å². The molecule has 2 aromatic rings. The molecule has 2 aliphatic rings. The van der Waals surface area contributed by atoms with Gasteiger partial charge in [0.15, 0.2) is 16.1 Å². The normalized spacial score (nSPS) is 29.0. The summed E-state index contributed by atoms with van der Waals surface area (Å²) in [5.41, 5.74) is -0.107. The van der Waals surface area contributed by atoms with Gasteiger partial charge in [-0.3, -0.25) is 9.59 Å². The lowest BCUT2D eigenvalue weighted by atomic mass is 9.75. The number of carbonyl (C=O) groups excluding carboxylic acids is 2. The van der Waals surface area contributed by atoms with Crippen molar-refractivity contribution in [1.82, 2.24) is 4.98 Å². The number of anilines is 2. The van der Waals surface area contributed by atoms with Crippen LogP contribution in [0.25, 0.3) is 0 Å². The number of nitrogens with zero attached hydrogens (tertiary/aromatic N) is 1. The number of carbonyl (C=O) groups is 2. The van der Waals surface area contributed by atoms with Crippen molar-refractivity contribution in [1.29, 1.82) is 0 Å². The number of ether oxygens (including phenoxy) is 2. The van der Waals surface area contributed by atoms with Crippen molar-refractivity contribution < 1.29 is 19.1 Å². The lowest BCUT2D eigenvalue weighted by molar-refractivity contribution is -0.161. The predicted molar refractivity (Wildman–Crippen MR) is 102 cm³/mol. The Balaban J connectivity index is 1.60. The first-order valence-corrected chi connectivity index (χ1v) is 9.77. The van der Waals surface area contributed by atoms with Crippen molar-refractivity contribution in [3.63, 3.8) is 0 Å². The van der Waals surface area contributed by atoms with Crippen molar-refractivity contribution in [3.8, 4) is 0 Å². The molecule has 1 N–H and O–H groups in total. The fourth-order valence-corrected chi connectivity index (χ4v) is 4.85. The van der Waals surface area contributed by atoms with Crippen molar-refractivity contribution in [2.24, 2.45) is 5.41 Å². The van der Waals surface area contributed by atoms with Crippen molar-refractivity contribution in [2.45, 2.75) is 51.7 Å². The fourth-order valence-electron chi connectivity index (χ4n) is 4.01. The third-order valence-electron chi connectivity index (χ3n) is 5.27. The lowest BCUT2D eigenvalue weighted by Crippen LogP contribution is -2.32. The Morgan fingerprint density at radius 3 is 2.44 bits per heavy atom. The highest BCUT2D eigenvalue weighted by Crippen LogP contribution is 2.54. The molecule has 7 heteroatoms. The number of hydrogen-bond donors (Lipinski definition) is 1. The predicted octanol–water partition coefficient (Wildman–Crippen LogP) is 4.07. The molecule has 0 unspecified atom stereocenters. The molecule has 6 nitrogen and oxygen atoms in total. The first-order valence-electron chi connectivity index (χ1n) is 8.89. The van der Waals surface area contributed by atoms with Crippen LogP contribution in [0.5, 0.6) is 0 Å². The number of thiazole rings is 1. The summed E-state index contributed by atoms with van der Waals surface area (Å²) in [5.74, 6) is -1.00. The number of aromatic nitrogens is 1. The minimum atomic E-state index is -1.23. The van der Waals surface area contributed by atoms with Crippen LogP contribution in [0.4, 0.5) is 10.8 Å². The van der Waals surface area contributed by atoms with E-state index >= 15 is 0 Å². The van der Waals surface area contributed by atoms with Gasteiger partial charge >= 0.3 is 11.9 Å². The largest absolute Gasteiger partial charge is 0.459 e. The highest BCUT2D eigenvalue weighted by atomic mass is 32.1. The van der Waals surface area contributed by atoms with Crippen LogP contribution in [0.3, 0.4) is 0 Å². The number of rotatable bonds is 3. The second-order valence-electron chi connectivity index (χ2n) is 8.18. The maximum atomic E-state index is 12.7. The molecule has 1 aromatic heterocycles. The molecule has 2 aliphatic heterocycles. The third-order valence-corrected chi connectivity index (χ3v) is 6.03. The summed E-state index contributed by atoms with van der Waals surface area (Å²) in [6.45, 7) is 7.46. The minimum Gasteiger partial charge on any atom is -0.459 e. The van der Waals surface area contributed by atoms with E-state index in [1.165, 1.54) is 11.3 Å². The summed E-state index contributed by atoms with van der Waals surface area (Å²) in [6, 6.07) is 7.95. The number of nitrogens with one attached hydrogen (secondary N) is 1. The Morgan fingerprint density at radius 2 is 1.78 bits per heavy atom. The van der Waals surface area contributed by atoms with Gasteiger partial charge in [0.2, 0.25) is 0 Å². The second kappa shape index (κ2) is 5.79. The van der Waals surface area contributed by atoms with Crippen LogP contribution in [0.1, 0.15) is 44.9 Å². The van der Waals surface area contributed by atoms with E-state index in [1.807, 2.05) is 57.3 Å². The van der Waals surface area contributed by atoms with Crippen LogP contribution in [-0.2, 0) is 24.7 Å². The molecule has 0 aliphatic carbocycles. The van der Waals surface area contributed by atoms with Gasteiger partial charge in [-0.1, -0.05) is 18.2 Å². The van der Waals surface area contributed by atoms with Gasteiger partial charge in [0.1, 0.15) is 5.60 Å². The first-order chi connectivity index (χ1) is 12.6. The number of esters is 2. The number of hydrogen-bond acceptors (Lipinski definition) is 7. The van der Waals surface area contributed by atoms with Gasteiger partial charge in [0.05, 0.1) is 5.69 Å². The summed E-state index contributed by atoms with van der Waals surface area (Å²) in [6.07, 6.45) is 0.570. The molecule has 2 atom stereocenters. The average Bonchev–Trinajstić information content (AvgIpc) is 3.19. The molecule has 0 bridgehead atoms. The number of aryl methyl sites for hydroxylation is 1. The Bertz CT molecular complexity index is 938. The van der Waals surface area contributed by atoms with Gasteiger partial charge in [-0.15, -0.1) is 11.3 Å². The van der Waals surface area contributed by atoms with Gasteiger partial charge in [0, 0.05) is 23.9 Å². The van der Waals surface area contributed by atoms with E-state index in [9.17, 15) is 9.59 Å². The van der Waals surface area contributed by atoms with Crippen molar-refractivity contribution in [3.05, 3.63) is 40.9 Å². The zero-order valence-corrected chi connectivity index (χ0v) is 16.6. The number of para-hydroxylation sites is 1. The molecule has 4 rings (SSSR count). The molecular formula is C20H22N2O4S. The molecular weight excluding hydrogens is 364 g/mol. The molecule has 1 spiro atoms. The minimum absolute atomic E-state index is 0.245. The molecule has 142 valence electrons. The van der Waals surface area contributed by atoms with Gasteiger partial charge in [-0.2, -0.15) is 0 Å². The van der Waals surface area contributed by atoms with E-state index in [4.69, 9.17) is 9.47 Å². The molecule has 0 amide bonds. The highest BCUT2D eigenvalue weighted by molar-refractivity contribution is 7.13. The van der Waals surface area contributed by atoms with Crippen molar-refractivity contribution in [2.75, 3.05) is 5.32 Å². The fraction of sp³-hybridized carbons (Fsp3) is 0.450. The monoisotopic (exact) mass is 386 g/mol. The molecule has 0 saturated carbocycles. The zero-order chi connectivity index (χ0) is 19.4. The van der Waals surface area contributed by atoms with E-state index < -0.39 is 28.6 Å². The first kappa shape index (κ1) is 18.0. The Labute approximate surface area is 161 Å². The smallest absolute Gasteiger partial charge is 0.324 e. The molecule has 2 saturated heterocycles. The molecule has 1 aromatic carbocycles. The Kier molecular flexibility index (Phi) is 3.86. The summed E-state index contributed by atoms with van der Waals surface area (Å²) in [5, 5.41) is 5.89. The summed E-state index contributed by atoms with van der Waals surface area (Å²) < 4.78 is 11.1. The van der Waals surface area contributed by atoms with Gasteiger partial charge < -0.3 is 14.8 Å². The van der Waals surface area contributed by atoms with Gasteiger partial charge in [0.25, 0.3) is 0 Å². The highest BCUT2D eigenvalue weighted by Gasteiger charge is 2.67. The van der Waals surface area contributed by atoms with Crippen LogP contribution in [0.15, 0.2) is 29.6 Å². The van der Waals surface area contributed by atoms with Gasteiger partial charge in [-0.25, -0.2) is 4.98 Å². The maximum Gasteiger partial charge on any atom is 0.324 e. The van der Waals surface area contributed by atoms with E-state index in [2.05, 4.69) is 10.3 Å². The molecule has 2 fully saturated rings. The SMILES string of the molecule is Cc1ccccc1Nc1nc([C@]2(C)C[C@]3(CC(C)(C)OC3=O)C(=O)O2)cs1. The lowest BCUT2D eigenvalue weighted by Gasteiger charge is -2.21. The van der Waals surface area contributed by atoms with Crippen LogP contribution in [-0.4, -0.2) is 22.5 Å². The standard InChI is InChI=1S/C20H22N2O4S/c1-12-7-5-6-8-13(12)21-17-22-14(9-27-17)19(4)11-20(16(24)26-19)10-18(2,3)25-15(20)23/h5-9H,10-11H2,1-4H3,(H,21,22)/t19-,20-/m0/s1. The van der Waals surface area contributed by atoms with E-state index in [0.717, 1.165) is 11.3 Å². The molecule has 3 heterocycles. The Hall–Kier alpha value is -2.41. The second-order valence-corrected chi connectivity index (χ2v) is 9.04. The van der Waals surface area contributed by atoms with E-state index in [-0.39, 0.29) is 6.42 Å². The summed E-state index contributed by atoms with van der Waals surface area (Å²) >= 11 is 1.44. The van der Waals surface area contributed by atoms with Crippen molar-refractivity contribution >= 4 is 34.1 Å². The molecule has 27 heavy (non-hydrogen) atoms. The van der Waals surface area contributed by atoms with E-state index in [0.29, 0.717) is 17.2 Å². The number of cyclic esters (lactones) is 2. The van der Waals surface area contributed by atoms with E-state index in [1.54, 1.807) is 0 Å². The summed E-state index contributed by atoms with van der Waals surface area (Å²) in [7, 11) is 0. The third kappa shape index (κ3) is 2.90. The quantitative estimate of drug-likeness (QED) is 0.633.